The van der Waals surface area contributed by atoms with Crippen LogP contribution in [0.25, 0.3) is 0 Å². The lowest BCUT2D eigenvalue weighted by Crippen LogP contribution is -2.38. The van der Waals surface area contributed by atoms with E-state index in [1.165, 1.54) is 6.33 Å². The van der Waals surface area contributed by atoms with E-state index in [1.807, 2.05) is 4.90 Å². The number of amides is 1. The van der Waals surface area contributed by atoms with Gasteiger partial charge in [-0.05, 0) is 19.3 Å². The molecule has 1 aliphatic heterocycles. The Balaban J connectivity index is 1.59. The molecule has 0 spiro atoms. The van der Waals surface area contributed by atoms with Gasteiger partial charge in [0.25, 0.3) is 5.91 Å². The molecule has 0 bridgehead atoms. The van der Waals surface area contributed by atoms with E-state index < -0.39 is 0 Å². The summed E-state index contributed by atoms with van der Waals surface area (Å²) in [5, 5.41) is 10.7. The zero-order valence-corrected chi connectivity index (χ0v) is 12.1. The second-order valence-corrected chi connectivity index (χ2v) is 5.37. The number of H-pyrrole nitrogens is 1. The van der Waals surface area contributed by atoms with E-state index in [4.69, 9.17) is 4.52 Å². The third-order valence-electron chi connectivity index (χ3n) is 3.88. The van der Waals surface area contributed by atoms with Gasteiger partial charge in [-0.2, -0.15) is 5.10 Å². The van der Waals surface area contributed by atoms with E-state index in [1.54, 1.807) is 6.07 Å². The summed E-state index contributed by atoms with van der Waals surface area (Å²) in [5.74, 6) is 1.99. The monoisotopic (exact) mass is 289 g/mol. The molecule has 0 aliphatic carbocycles. The van der Waals surface area contributed by atoms with Gasteiger partial charge in [-0.15, -0.1) is 0 Å². The maximum atomic E-state index is 12.4. The van der Waals surface area contributed by atoms with Crippen LogP contribution in [-0.4, -0.2) is 44.2 Å². The average Bonchev–Trinajstić information content (AvgIpc) is 3.19. The molecule has 0 radical (unpaired) electrons. The summed E-state index contributed by atoms with van der Waals surface area (Å²) >= 11 is 0. The van der Waals surface area contributed by atoms with Gasteiger partial charge in [-0.25, -0.2) is 4.98 Å². The quantitative estimate of drug-likeness (QED) is 0.926. The van der Waals surface area contributed by atoms with Crippen molar-refractivity contribution in [3.05, 3.63) is 29.7 Å². The van der Waals surface area contributed by atoms with E-state index in [2.05, 4.69) is 27.3 Å². The number of aromatic amines is 1. The van der Waals surface area contributed by atoms with E-state index in [0.717, 1.165) is 37.3 Å². The van der Waals surface area contributed by atoms with Crippen molar-refractivity contribution < 1.29 is 9.32 Å². The minimum atomic E-state index is -0.0443. The normalized spacial score (nSPS) is 16.3. The molecule has 1 fully saturated rings. The lowest BCUT2D eigenvalue weighted by molar-refractivity contribution is 0.0700. The first-order chi connectivity index (χ1) is 10.3. The minimum absolute atomic E-state index is 0.0443. The molecule has 0 aromatic carbocycles. The molecular weight excluding hydrogens is 270 g/mol. The summed E-state index contributed by atoms with van der Waals surface area (Å²) in [6.07, 6.45) is 5.10. The molecule has 1 N–H and O–H groups in total. The number of carbonyl (C=O) groups is 1. The Morgan fingerprint density at radius 2 is 2.29 bits per heavy atom. The summed E-state index contributed by atoms with van der Waals surface area (Å²) in [5.41, 5.74) is 0.413. The lowest BCUT2D eigenvalue weighted by Gasteiger charge is -2.30. The number of aromatic nitrogens is 4. The summed E-state index contributed by atoms with van der Waals surface area (Å²) in [6.45, 7) is 3.48. The van der Waals surface area contributed by atoms with Crippen molar-refractivity contribution in [1.29, 1.82) is 0 Å². The summed E-state index contributed by atoms with van der Waals surface area (Å²) in [7, 11) is 0. The first kappa shape index (κ1) is 13.8. The van der Waals surface area contributed by atoms with E-state index in [9.17, 15) is 4.79 Å². The second-order valence-electron chi connectivity index (χ2n) is 5.37. The van der Waals surface area contributed by atoms with E-state index >= 15 is 0 Å². The number of piperidine rings is 1. The molecule has 2 aromatic heterocycles. The minimum Gasteiger partial charge on any atom is -0.361 e. The van der Waals surface area contributed by atoms with Crippen LogP contribution in [0.15, 0.2) is 16.9 Å². The lowest BCUT2D eigenvalue weighted by atomic mass is 9.96. The van der Waals surface area contributed by atoms with Crippen molar-refractivity contribution in [3.63, 3.8) is 0 Å². The molecule has 0 atom stereocenters. The van der Waals surface area contributed by atoms with Gasteiger partial charge in [0.05, 0.1) is 0 Å². The number of rotatable bonds is 4. The molecule has 7 heteroatoms. The van der Waals surface area contributed by atoms with Gasteiger partial charge in [0.2, 0.25) is 0 Å². The van der Waals surface area contributed by atoms with Crippen LogP contribution in [0.1, 0.15) is 54.2 Å². The predicted octanol–water partition coefficient (Wildman–Crippen LogP) is 1.76. The maximum Gasteiger partial charge on any atom is 0.276 e. The van der Waals surface area contributed by atoms with Gasteiger partial charge in [0, 0.05) is 31.5 Å². The van der Waals surface area contributed by atoms with Crippen molar-refractivity contribution in [2.75, 3.05) is 13.1 Å². The van der Waals surface area contributed by atoms with Crippen LogP contribution in [0.3, 0.4) is 0 Å². The molecule has 7 nitrogen and oxygen atoms in total. The van der Waals surface area contributed by atoms with Crippen molar-refractivity contribution in [2.24, 2.45) is 0 Å². The number of nitrogens with one attached hydrogen (secondary N) is 1. The van der Waals surface area contributed by atoms with E-state index in [-0.39, 0.29) is 5.91 Å². The Kier molecular flexibility index (Phi) is 3.98. The van der Waals surface area contributed by atoms with Gasteiger partial charge in [-0.1, -0.05) is 12.1 Å². The zero-order chi connectivity index (χ0) is 14.7. The number of aryl methyl sites for hydroxylation is 1. The number of hydrogen-bond acceptors (Lipinski definition) is 5. The highest BCUT2D eigenvalue weighted by molar-refractivity contribution is 5.92. The third-order valence-corrected chi connectivity index (χ3v) is 3.88. The second kappa shape index (κ2) is 6.07. The first-order valence-electron chi connectivity index (χ1n) is 7.38. The fourth-order valence-electron chi connectivity index (χ4n) is 2.71. The van der Waals surface area contributed by atoms with Crippen LogP contribution in [0.2, 0.25) is 0 Å². The van der Waals surface area contributed by atoms with Gasteiger partial charge < -0.3 is 9.42 Å². The summed E-state index contributed by atoms with van der Waals surface area (Å²) in [4.78, 5) is 18.4. The highest BCUT2D eigenvalue weighted by Crippen LogP contribution is 2.25. The van der Waals surface area contributed by atoms with Crippen LogP contribution >= 0.6 is 0 Å². The predicted molar refractivity (Wildman–Crippen MR) is 74.8 cm³/mol. The summed E-state index contributed by atoms with van der Waals surface area (Å²) in [6, 6.07) is 1.76. The number of likely N-dealkylation sites (tertiary alicyclic amines) is 1. The molecule has 1 amide bonds. The fourth-order valence-corrected chi connectivity index (χ4v) is 2.71. The van der Waals surface area contributed by atoms with Crippen LogP contribution in [0.4, 0.5) is 0 Å². The van der Waals surface area contributed by atoms with Crippen molar-refractivity contribution >= 4 is 5.91 Å². The Hall–Kier alpha value is -2.18. The van der Waals surface area contributed by atoms with E-state index in [0.29, 0.717) is 24.7 Å². The molecule has 0 saturated carbocycles. The molecule has 1 aliphatic rings. The number of carbonyl (C=O) groups excluding carboxylic acids is 1. The van der Waals surface area contributed by atoms with Gasteiger partial charge >= 0.3 is 0 Å². The smallest absolute Gasteiger partial charge is 0.276 e. The van der Waals surface area contributed by atoms with Crippen molar-refractivity contribution in [1.82, 2.24) is 25.2 Å². The van der Waals surface area contributed by atoms with Crippen LogP contribution < -0.4 is 0 Å². The fraction of sp³-hybridized carbons (Fsp3) is 0.571. The Morgan fingerprint density at radius 3 is 2.95 bits per heavy atom. The Morgan fingerprint density at radius 1 is 1.48 bits per heavy atom. The largest absolute Gasteiger partial charge is 0.361 e. The number of nitrogens with zero attached hydrogens (tertiary/aromatic N) is 4. The van der Waals surface area contributed by atoms with Gasteiger partial charge in [0.15, 0.2) is 5.69 Å². The molecular formula is C14H19N5O2. The van der Waals surface area contributed by atoms with Crippen LogP contribution in [0, 0.1) is 0 Å². The molecule has 1 saturated heterocycles. The Labute approximate surface area is 122 Å². The van der Waals surface area contributed by atoms with Crippen molar-refractivity contribution in [3.8, 4) is 0 Å². The summed E-state index contributed by atoms with van der Waals surface area (Å²) < 4.78 is 5.18. The molecule has 3 heterocycles. The maximum absolute atomic E-state index is 12.4. The highest BCUT2D eigenvalue weighted by atomic mass is 16.5. The highest BCUT2D eigenvalue weighted by Gasteiger charge is 2.27. The standard InChI is InChI=1S/C14H19N5O2/c1-2-3-11-8-12(18-21-11)14(20)19-6-4-10(5-7-19)13-15-9-16-17-13/h8-10H,2-7H2,1H3,(H,15,16,17). The van der Waals surface area contributed by atoms with Gasteiger partial charge in [-0.3, -0.25) is 9.89 Å². The molecule has 2 aromatic rings. The molecule has 0 unspecified atom stereocenters. The van der Waals surface area contributed by atoms with Crippen LogP contribution in [-0.2, 0) is 6.42 Å². The first-order valence-corrected chi connectivity index (χ1v) is 7.38. The zero-order valence-electron chi connectivity index (χ0n) is 12.1. The molecule has 112 valence electrons. The van der Waals surface area contributed by atoms with Crippen LogP contribution in [0.5, 0.6) is 0 Å². The molecule has 21 heavy (non-hydrogen) atoms. The SMILES string of the molecule is CCCc1cc(C(=O)N2CCC(c3ncn[nH]3)CC2)no1. The van der Waals surface area contributed by atoms with Gasteiger partial charge in [0.1, 0.15) is 17.9 Å². The van der Waals surface area contributed by atoms with Crippen molar-refractivity contribution in [2.45, 2.75) is 38.5 Å². The number of hydrogen-bond donors (Lipinski definition) is 1. The molecule has 3 rings (SSSR count). The average molecular weight is 289 g/mol. The topological polar surface area (TPSA) is 87.9 Å². The third kappa shape index (κ3) is 2.96. The Bertz CT molecular complexity index is 584.